The molecule has 0 saturated carbocycles. The maximum Gasteiger partial charge on any atom is 0.246 e. The Morgan fingerprint density at radius 2 is 2.33 bits per heavy atom. The van der Waals surface area contributed by atoms with Gasteiger partial charge in [0.1, 0.15) is 17.6 Å². The van der Waals surface area contributed by atoms with Gasteiger partial charge in [-0.2, -0.15) is 10.4 Å². The third-order valence-electron chi connectivity index (χ3n) is 3.62. The third-order valence-corrected chi connectivity index (χ3v) is 4.82. The number of aryl methyl sites for hydroxylation is 2. The summed E-state index contributed by atoms with van der Waals surface area (Å²) in [6.45, 7) is 2.05. The van der Waals surface area contributed by atoms with Gasteiger partial charge in [0.2, 0.25) is 5.91 Å². The van der Waals surface area contributed by atoms with E-state index < -0.39 is 0 Å². The number of fused-ring (bicyclic) bond motifs is 1. The van der Waals surface area contributed by atoms with Crippen LogP contribution in [0.4, 0.5) is 5.00 Å². The number of hydrogen-bond donors (Lipinski definition) is 1. The first-order chi connectivity index (χ1) is 10.2. The molecule has 0 saturated heterocycles. The Balaban J connectivity index is 1.77. The minimum absolute atomic E-state index is 0.145. The van der Waals surface area contributed by atoms with E-state index in [2.05, 4.69) is 16.5 Å². The molecular formula is C15H16N4OS. The van der Waals surface area contributed by atoms with E-state index in [4.69, 9.17) is 0 Å². The summed E-state index contributed by atoms with van der Waals surface area (Å²) < 4.78 is 1.60. The summed E-state index contributed by atoms with van der Waals surface area (Å²) in [6, 6.07) is 4.11. The zero-order valence-corrected chi connectivity index (χ0v) is 12.7. The van der Waals surface area contributed by atoms with Crippen molar-refractivity contribution in [3.63, 3.8) is 0 Å². The van der Waals surface area contributed by atoms with Crippen molar-refractivity contribution >= 4 is 22.2 Å². The van der Waals surface area contributed by atoms with Crippen molar-refractivity contribution in [2.45, 2.75) is 39.2 Å². The molecule has 0 bridgehead atoms. The number of thiophene rings is 1. The van der Waals surface area contributed by atoms with Gasteiger partial charge >= 0.3 is 0 Å². The molecule has 5 nitrogen and oxygen atoms in total. The van der Waals surface area contributed by atoms with Crippen molar-refractivity contribution in [2.24, 2.45) is 0 Å². The van der Waals surface area contributed by atoms with Gasteiger partial charge in [-0.05, 0) is 44.2 Å². The molecule has 0 unspecified atom stereocenters. The van der Waals surface area contributed by atoms with Crippen molar-refractivity contribution in [1.82, 2.24) is 9.78 Å². The molecule has 1 aliphatic rings. The zero-order chi connectivity index (χ0) is 14.8. The molecule has 0 aromatic carbocycles. The van der Waals surface area contributed by atoms with Crippen LogP contribution in [0.15, 0.2) is 12.3 Å². The first kappa shape index (κ1) is 13.8. The molecule has 0 radical (unpaired) electrons. The lowest BCUT2D eigenvalue weighted by Gasteiger charge is -2.09. The number of nitrogens with zero attached hydrogens (tertiary/aromatic N) is 3. The lowest BCUT2D eigenvalue weighted by atomic mass is 9.96. The summed E-state index contributed by atoms with van der Waals surface area (Å²) in [7, 11) is 0. The fourth-order valence-corrected chi connectivity index (χ4v) is 3.89. The number of nitriles is 1. The number of hydrogen-bond acceptors (Lipinski definition) is 4. The number of rotatable bonds is 3. The molecular weight excluding hydrogens is 284 g/mol. The molecule has 2 aromatic heterocycles. The molecule has 1 amide bonds. The van der Waals surface area contributed by atoms with E-state index >= 15 is 0 Å². The van der Waals surface area contributed by atoms with Crippen molar-refractivity contribution in [3.8, 4) is 6.07 Å². The van der Waals surface area contributed by atoms with Crippen molar-refractivity contribution < 1.29 is 4.79 Å². The van der Waals surface area contributed by atoms with Crippen LogP contribution in [0.3, 0.4) is 0 Å². The predicted octanol–water partition coefficient (Wildman–Crippen LogP) is 2.64. The van der Waals surface area contributed by atoms with Gasteiger partial charge in [-0.3, -0.25) is 9.48 Å². The lowest BCUT2D eigenvalue weighted by Crippen LogP contribution is -2.19. The summed E-state index contributed by atoms with van der Waals surface area (Å²) in [6.07, 6.45) is 6.03. The highest BCUT2D eigenvalue weighted by molar-refractivity contribution is 7.16. The largest absolute Gasteiger partial charge is 0.315 e. The summed E-state index contributed by atoms with van der Waals surface area (Å²) in [5.74, 6) is -0.145. The van der Waals surface area contributed by atoms with Crippen LogP contribution in [0.2, 0.25) is 0 Å². The second-order valence-corrected chi connectivity index (χ2v) is 6.33. The van der Waals surface area contributed by atoms with E-state index in [0.29, 0.717) is 10.6 Å². The van der Waals surface area contributed by atoms with Gasteiger partial charge in [-0.25, -0.2) is 0 Å². The van der Waals surface area contributed by atoms with E-state index in [-0.39, 0.29) is 12.5 Å². The van der Waals surface area contributed by atoms with E-state index in [1.54, 1.807) is 22.2 Å². The van der Waals surface area contributed by atoms with Crippen LogP contribution in [0.25, 0.3) is 0 Å². The molecule has 0 fully saturated rings. The number of carbonyl (C=O) groups is 1. The van der Waals surface area contributed by atoms with Crippen molar-refractivity contribution in [1.29, 1.82) is 5.26 Å². The third kappa shape index (κ3) is 2.83. The molecule has 2 aromatic rings. The van der Waals surface area contributed by atoms with Crippen LogP contribution in [-0.2, 0) is 24.2 Å². The van der Waals surface area contributed by atoms with Gasteiger partial charge in [0.15, 0.2) is 0 Å². The highest BCUT2D eigenvalue weighted by Gasteiger charge is 2.21. The molecule has 0 atom stereocenters. The Bertz CT molecular complexity index is 723. The summed E-state index contributed by atoms with van der Waals surface area (Å²) >= 11 is 1.55. The topological polar surface area (TPSA) is 70.7 Å². The van der Waals surface area contributed by atoms with Crippen LogP contribution in [-0.4, -0.2) is 15.7 Å². The molecule has 108 valence electrons. The SMILES string of the molecule is Cc1ccn(CC(=O)Nc2sc3c(c2C#N)CCCC3)n1. The molecule has 1 N–H and O–H groups in total. The van der Waals surface area contributed by atoms with E-state index in [1.807, 2.05) is 13.0 Å². The number of nitrogens with one attached hydrogen (secondary N) is 1. The molecule has 21 heavy (non-hydrogen) atoms. The smallest absolute Gasteiger partial charge is 0.246 e. The maximum absolute atomic E-state index is 12.1. The first-order valence-electron chi connectivity index (χ1n) is 7.02. The second kappa shape index (κ2) is 5.70. The Morgan fingerprint density at radius 1 is 1.52 bits per heavy atom. The van der Waals surface area contributed by atoms with Crippen molar-refractivity contribution in [2.75, 3.05) is 5.32 Å². The number of carbonyl (C=O) groups excluding carboxylic acids is 1. The molecule has 0 aliphatic heterocycles. The van der Waals surface area contributed by atoms with Crippen LogP contribution in [0, 0.1) is 18.3 Å². The normalized spacial score (nSPS) is 13.5. The van der Waals surface area contributed by atoms with E-state index in [1.165, 1.54) is 11.3 Å². The minimum atomic E-state index is -0.145. The second-order valence-electron chi connectivity index (χ2n) is 5.23. The minimum Gasteiger partial charge on any atom is -0.315 e. The highest BCUT2D eigenvalue weighted by Crippen LogP contribution is 2.37. The average molecular weight is 300 g/mol. The highest BCUT2D eigenvalue weighted by atomic mass is 32.1. The zero-order valence-electron chi connectivity index (χ0n) is 11.8. The van der Waals surface area contributed by atoms with Gasteiger partial charge in [0.05, 0.1) is 11.3 Å². The number of amides is 1. The molecule has 6 heteroatoms. The Hall–Kier alpha value is -2.13. The fourth-order valence-electron chi connectivity index (χ4n) is 2.64. The standard InChI is InChI=1S/C15H16N4OS/c1-10-6-7-19(18-10)9-14(20)17-15-12(8-16)11-4-2-3-5-13(11)21-15/h6-7H,2-5,9H2,1H3,(H,17,20). The van der Waals surface area contributed by atoms with Gasteiger partial charge in [0, 0.05) is 11.1 Å². The molecule has 3 rings (SSSR count). The predicted molar refractivity (Wildman–Crippen MR) is 81.3 cm³/mol. The van der Waals surface area contributed by atoms with Crippen LogP contribution >= 0.6 is 11.3 Å². The van der Waals surface area contributed by atoms with E-state index in [9.17, 15) is 10.1 Å². The summed E-state index contributed by atoms with van der Waals surface area (Å²) in [5.41, 5.74) is 2.67. The molecule has 0 spiro atoms. The van der Waals surface area contributed by atoms with Crippen LogP contribution in [0.5, 0.6) is 0 Å². The molecule has 1 aliphatic carbocycles. The van der Waals surface area contributed by atoms with Gasteiger partial charge in [-0.1, -0.05) is 0 Å². The quantitative estimate of drug-likeness (QED) is 0.947. The van der Waals surface area contributed by atoms with Gasteiger partial charge < -0.3 is 5.32 Å². The lowest BCUT2D eigenvalue weighted by molar-refractivity contribution is -0.116. The number of anilines is 1. The van der Waals surface area contributed by atoms with Gasteiger partial charge in [-0.15, -0.1) is 11.3 Å². The molecule has 2 heterocycles. The van der Waals surface area contributed by atoms with E-state index in [0.717, 1.165) is 30.5 Å². The maximum atomic E-state index is 12.1. The Kier molecular flexibility index (Phi) is 3.76. The van der Waals surface area contributed by atoms with Crippen LogP contribution < -0.4 is 5.32 Å². The Morgan fingerprint density at radius 3 is 3.05 bits per heavy atom. The summed E-state index contributed by atoms with van der Waals surface area (Å²) in [5, 5.41) is 17.1. The van der Waals surface area contributed by atoms with Crippen molar-refractivity contribution in [3.05, 3.63) is 34.0 Å². The number of aromatic nitrogens is 2. The van der Waals surface area contributed by atoms with Gasteiger partial charge in [0.25, 0.3) is 0 Å². The fraction of sp³-hybridized carbons (Fsp3) is 0.400. The first-order valence-corrected chi connectivity index (χ1v) is 7.83. The average Bonchev–Trinajstić information content (AvgIpc) is 3.01. The van der Waals surface area contributed by atoms with Crippen LogP contribution in [0.1, 0.15) is 34.5 Å². The monoisotopic (exact) mass is 300 g/mol. The Labute approximate surface area is 127 Å². The summed E-state index contributed by atoms with van der Waals surface area (Å²) in [4.78, 5) is 13.4.